The van der Waals surface area contributed by atoms with Gasteiger partial charge in [0.15, 0.2) is 0 Å². The fraction of sp³-hybridized carbons (Fsp3) is 0.0909. The molecule has 2 aromatic rings. The van der Waals surface area contributed by atoms with Crippen molar-refractivity contribution < 1.29 is 4.74 Å². The number of aromatic nitrogens is 2. The van der Waals surface area contributed by atoms with E-state index in [1.165, 1.54) is 0 Å². The number of halogens is 1. The first-order valence-electron chi connectivity index (χ1n) is 4.87. The lowest BCUT2D eigenvalue weighted by molar-refractivity contribution is 0.412. The highest BCUT2D eigenvalue weighted by Gasteiger charge is 2.03. The van der Waals surface area contributed by atoms with Crippen LogP contribution in [0.5, 0.6) is 5.75 Å². The molecule has 6 heteroatoms. The highest BCUT2D eigenvalue weighted by atomic mass is 79.9. The van der Waals surface area contributed by atoms with Gasteiger partial charge >= 0.3 is 0 Å². The van der Waals surface area contributed by atoms with Crippen LogP contribution in [0.15, 0.2) is 35.1 Å². The lowest BCUT2D eigenvalue weighted by Gasteiger charge is -2.08. The second kappa shape index (κ2) is 5.01. The van der Waals surface area contributed by atoms with Gasteiger partial charge in [0.2, 0.25) is 5.95 Å². The number of hydrogen-bond acceptors (Lipinski definition) is 5. The van der Waals surface area contributed by atoms with Gasteiger partial charge in [-0.3, -0.25) is 0 Å². The Bertz CT molecular complexity index is 515. The molecule has 0 amide bonds. The molecule has 0 aliphatic rings. The summed E-state index contributed by atoms with van der Waals surface area (Å²) in [6, 6.07) is 5.63. The summed E-state index contributed by atoms with van der Waals surface area (Å²) in [6.45, 7) is 0. The Labute approximate surface area is 107 Å². The second-order valence-corrected chi connectivity index (χ2v) is 4.17. The third-order valence-electron chi connectivity index (χ3n) is 2.08. The highest BCUT2D eigenvalue weighted by Crippen LogP contribution is 2.28. The van der Waals surface area contributed by atoms with Crippen molar-refractivity contribution in [1.82, 2.24) is 9.97 Å². The van der Waals surface area contributed by atoms with Crippen molar-refractivity contribution in [2.45, 2.75) is 0 Å². The zero-order chi connectivity index (χ0) is 12.3. The molecule has 0 fully saturated rings. The van der Waals surface area contributed by atoms with E-state index in [9.17, 15) is 0 Å². The summed E-state index contributed by atoms with van der Waals surface area (Å²) in [4.78, 5) is 8.10. The molecule has 0 aliphatic heterocycles. The molecule has 0 bridgehead atoms. The topological polar surface area (TPSA) is 73.1 Å². The van der Waals surface area contributed by atoms with Crippen LogP contribution in [0.25, 0.3) is 0 Å². The molecule has 88 valence electrons. The van der Waals surface area contributed by atoms with Gasteiger partial charge in [-0.05, 0) is 28.1 Å². The zero-order valence-electron chi connectivity index (χ0n) is 9.14. The summed E-state index contributed by atoms with van der Waals surface area (Å²) in [6.07, 6.45) is 3.09. The van der Waals surface area contributed by atoms with E-state index in [0.29, 0.717) is 11.6 Å². The maximum Gasteiger partial charge on any atom is 0.227 e. The second-order valence-electron chi connectivity index (χ2n) is 3.31. The standard InChI is InChI=1S/C11H11BrN4O/c1-17-10-4-8(2-3-9(10)12)16-11-14-5-7(13)6-15-11/h2-6H,13H2,1H3,(H,14,15,16). The van der Waals surface area contributed by atoms with E-state index in [0.717, 1.165) is 15.9 Å². The molecule has 1 aromatic heterocycles. The molecule has 0 unspecified atom stereocenters. The van der Waals surface area contributed by atoms with Crippen LogP contribution >= 0.6 is 15.9 Å². The van der Waals surface area contributed by atoms with Crippen molar-refractivity contribution in [3.8, 4) is 5.75 Å². The molecule has 0 aliphatic carbocycles. The van der Waals surface area contributed by atoms with E-state index in [2.05, 4.69) is 31.2 Å². The van der Waals surface area contributed by atoms with Crippen molar-refractivity contribution in [1.29, 1.82) is 0 Å². The first-order chi connectivity index (χ1) is 8.19. The maximum atomic E-state index is 5.51. The summed E-state index contributed by atoms with van der Waals surface area (Å²) in [5.74, 6) is 1.23. The summed E-state index contributed by atoms with van der Waals surface area (Å²) >= 11 is 3.39. The minimum absolute atomic E-state index is 0.489. The van der Waals surface area contributed by atoms with Crippen LogP contribution in [0.4, 0.5) is 17.3 Å². The SMILES string of the molecule is COc1cc(Nc2ncc(N)cn2)ccc1Br. The predicted octanol–water partition coefficient (Wildman–Crippen LogP) is 2.57. The van der Waals surface area contributed by atoms with Gasteiger partial charge in [-0.1, -0.05) is 0 Å². The molecule has 5 nitrogen and oxygen atoms in total. The van der Waals surface area contributed by atoms with Crippen LogP contribution in [-0.4, -0.2) is 17.1 Å². The Morgan fingerprint density at radius 3 is 2.65 bits per heavy atom. The number of nitrogens with zero attached hydrogens (tertiary/aromatic N) is 2. The number of methoxy groups -OCH3 is 1. The van der Waals surface area contributed by atoms with Gasteiger partial charge in [0.05, 0.1) is 29.7 Å². The van der Waals surface area contributed by atoms with Crippen molar-refractivity contribution in [3.63, 3.8) is 0 Å². The van der Waals surface area contributed by atoms with Crippen molar-refractivity contribution in [2.75, 3.05) is 18.2 Å². The van der Waals surface area contributed by atoms with Crippen LogP contribution in [0.2, 0.25) is 0 Å². The summed E-state index contributed by atoms with van der Waals surface area (Å²) in [7, 11) is 1.61. The largest absolute Gasteiger partial charge is 0.495 e. The first-order valence-corrected chi connectivity index (χ1v) is 5.66. The van der Waals surface area contributed by atoms with Crippen LogP contribution in [0.3, 0.4) is 0 Å². The molecular formula is C11H11BrN4O. The number of benzene rings is 1. The average molecular weight is 295 g/mol. The average Bonchev–Trinajstić information content (AvgIpc) is 2.34. The first kappa shape index (κ1) is 11.7. The van der Waals surface area contributed by atoms with Gasteiger partial charge in [0.1, 0.15) is 5.75 Å². The number of rotatable bonds is 3. The number of nitrogen functional groups attached to an aromatic ring is 1. The summed E-state index contributed by atoms with van der Waals surface area (Å²) < 4.78 is 6.09. The van der Waals surface area contributed by atoms with Gasteiger partial charge in [-0.25, -0.2) is 9.97 Å². The number of nitrogens with two attached hydrogens (primary N) is 1. The number of ether oxygens (including phenoxy) is 1. The fourth-order valence-corrected chi connectivity index (χ4v) is 1.68. The van der Waals surface area contributed by atoms with E-state index < -0.39 is 0 Å². The van der Waals surface area contributed by atoms with E-state index in [1.807, 2.05) is 18.2 Å². The van der Waals surface area contributed by atoms with E-state index in [4.69, 9.17) is 10.5 Å². The van der Waals surface area contributed by atoms with Crippen LogP contribution in [0, 0.1) is 0 Å². The minimum atomic E-state index is 0.489. The molecule has 0 saturated carbocycles. The fourth-order valence-electron chi connectivity index (χ4n) is 1.27. The number of hydrogen-bond donors (Lipinski definition) is 2. The van der Waals surface area contributed by atoms with Crippen LogP contribution in [0.1, 0.15) is 0 Å². The van der Waals surface area contributed by atoms with E-state index in [1.54, 1.807) is 19.5 Å². The Morgan fingerprint density at radius 2 is 2.00 bits per heavy atom. The smallest absolute Gasteiger partial charge is 0.227 e. The molecule has 2 rings (SSSR count). The van der Waals surface area contributed by atoms with Crippen molar-refractivity contribution in [3.05, 3.63) is 35.1 Å². The Morgan fingerprint density at radius 1 is 1.29 bits per heavy atom. The molecular weight excluding hydrogens is 284 g/mol. The molecule has 0 saturated heterocycles. The normalized spacial score (nSPS) is 10.0. The van der Waals surface area contributed by atoms with Gasteiger partial charge in [-0.2, -0.15) is 0 Å². The maximum absolute atomic E-state index is 5.51. The summed E-state index contributed by atoms with van der Waals surface area (Å²) in [5.41, 5.74) is 6.88. The predicted molar refractivity (Wildman–Crippen MR) is 70.4 cm³/mol. The molecule has 0 spiro atoms. The van der Waals surface area contributed by atoms with Crippen molar-refractivity contribution >= 4 is 33.3 Å². The molecule has 1 heterocycles. The van der Waals surface area contributed by atoms with Crippen molar-refractivity contribution in [2.24, 2.45) is 0 Å². The molecule has 1 aromatic carbocycles. The van der Waals surface area contributed by atoms with E-state index >= 15 is 0 Å². The minimum Gasteiger partial charge on any atom is -0.495 e. The third-order valence-corrected chi connectivity index (χ3v) is 2.73. The lowest BCUT2D eigenvalue weighted by atomic mass is 10.3. The zero-order valence-corrected chi connectivity index (χ0v) is 10.7. The van der Waals surface area contributed by atoms with Crippen LogP contribution < -0.4 is 15.8 Å². The Balaban J connectivity index is 2.21. The number of anilines is 3. The molecule has 3 N–H and O–H groups in total. The monoisotopic (exact) mass is 294 g/mol. The summed E-state index contributed by atoms with van der Waals surface area (Å²) in [5, 5.41) is 3.05. The van der Waals surface area contributed by atoms with Gasteiger partial charge in [-0.15, -0.1) is 0 Å². The van der Waals surface area contributed by atoms with Crippen LogP contribution in [-0.2, 0) is 0 Å². The third kappa shape index (κ3) is 2.85. The lowest BCUT2D eigenvalue weighted by Crippen LogP contribution is -1.98. The molecule has 17 heavy (non-hydrogen) atoms. The van der Waals surface area contributed by atoms with Gasteiger partial charge in [0.25, 0.3) is 0 Å². The number of nitrogens with one attached hydrogen (secondary N) is 1. The van der Waals surface area contributed by atoms with Gasteiger partial charge < -0.3 is 15.8 Å². The Hall–Kier alpha value is -1.82. The quantitative estimate of drug-likeness (QED) is 0.910. The highest BCUT2D eigenvalue weighted by molar-refractivity contribution is 9.10. The van der Waals surface area contributed by atoms with E-state index in [-0.39, 0.29) is 0 Å². The molecule has 0 radical (unpaired) electrons. The molecule has 0 atom stereocenters. The van der Waals surface area contributed by atoms with Gasteiger partial charge in [0, 0.05) is 11.8 Å². The Kier molecular flexibility index (Phi) is 3.43.